The van der Waals surface area contributed by atoms with Crippen LogP contribution in [0.15, 0.2) is 0 Å². The van der Waals surface area contributed by atoms with Crippen LogP contribution in [0.2, 0.25) is 0 Å². The molecule has 142 valence electrons. The lowest BCUT2D eigenvalue weighted by Gasteiger charge is -2.42. The number of nitrogens with zero attached hydrogens (tertiary/aromatic N) is 2. The Morgan fingerprint density at radius 1 is 1.12 bits per heavy atom. The highest BCUT2D eigenvalue weighted by Gasteiger charge is 2.44. The van der Waals surface area contributed by atoms with Gasteiger partial charge in [-0.25, -0.2) is 9.59 Å². The summed E-state index contributed by atoms with van der Waals surface area (Å²) in [6, 6.07) is -0.639. The molecule has 0 spiro atoms. The number of carbonyl (C=O) groups is 4. The molecule has 10 nitrogen and oxygen atoms in total. The number of nitrogens with one attached hydrogen (secondary N) is 3. The van der Waals surface area contributed by atoms with Crippen LogP contribution < -0.4 is 16.0 Å². The molecule has 0 unspecified atom stereocenters. The van der Waals surface area contributed by atoms with Crippen molar-refractivity contribution < 1.29 is 23.9 Å². The van der Waals surface area contributed by atoms with Crippen molar-refractivity contribution in [1.82, 2.24) is 25.8 Å². The maximum Gasteiger partial charge on any atom is 0.325 e. The Balaban J connectivity index is 1.31. The molecule has 0 saturated carbocycles. The molecule has 4 rings (SSSR count). The van der Waals surface area contributed by atoms with E-state index in [1.807, 2.05) is 0 Å². The molecule has 0 aromatic heterocycles. The third kappa shape index (κ3) is 3.20. The molecule has 0 aromatic rings. The predicted molar refractivity (Wildman–Crippen MR) is 87.7 cm³/mol. The topological polar surface area (TPSA) is 120 Å². The van der Waals surface area contributed by atoms with Gasteiger partial charge >= 0.3 is 12.1 Å². The molecule has 10 heteroatoms. The molecular formula is C16H23N5O5. The summed E-state index contributed by atoms with van der Waals surface area (Å²) in [5.41, 5.74) is 0. The van der Waals surface area contributed by atoms with Crippen LogP contribution in [0.1, 0.15) is 19.3 Å². The zero-order valence-corrected chi connectivity index (χ0v) is 14.4. The molecule has 6 amide bonds. The fourth-order valence-corrected chi connectivity index (χ4v) is 4.40. The van der Waals surface area contributed by atoms with Crippen molar-refractivity contribution >= 4 is 23.9 Å². The summed E-state index contributed by atoms with van der Waals surface area (Å²) in [6.07, 6.45) is 2.30. The van der Waals surface area contributed by atoms with Gasteiger partial charge in [0.25, 0.3) is 0 Å². The van der Waals surface area contributed by atoms with Crippen molar-refractivity contribution in [1.29, 1.82) is 0 Å². The van der Waals surface area contributed by atoms with Gasteiger partial charge in [0.1, 0.15) is 19.3 Å². The van der Waals surface area contributed by atoms with Gasteiger partial charge in [-0.1, -0.05) is 0 Å². The maximum absolute atomic E-state index is 12.4. The van der Waals surface area contributed by atoms with E-state index < -0.39 is 6.03 Å². The standard InChI is InChI=1S/C16H23N5O5/c22-11-7-21(16(25)17-11)8-12(23)20-4-1-9(2-5-20)13-10-3-6-26-14(10)19-15(24)18-13/h9-10,13-14H,1-8H2,(H,17,22,25)(H2,18,19,24)/t10-,13-,14-/m0/s1. The summed E-state index contributed by atoms with van der Waals surface area (Å²) in [6.45, 7) is 1.69. The smallest absolute Gasteiger partial charge is 0.325 e. The van der Waals surface area contributed by atoms with Crippen molar-refractivity contribution in [3.8, 4) is 0 Å². The van der Waals surface area contributed by atoms with Gasteiger partial charge in [0.2, 0.25) is 11.8 Å². The van der Waals surface area contributed by atoms with Gasteiger partial charge in [-0.05, 0) is 25.2 Å². The Morgan fingerprint density at radius 3 is 2.58 bits per heavy atom. The van der Waals surface area contributed by atoms with E-state index in [2.05, 4.69) is 16.0 Å². The van der Waals surface area contributed by atoms with Crippen LogP contribution in [0.3, 0.4) is 0 Å². The van der Waals surface area contributed by atoms with Crippen LogP contribution in [0.25, 0.3) is 0 Å². The van der Waals surface area contributed by atoms with Gasteiger partial charge in [-0.15, -0.1) is 0 Å². The van der Waals surface area contributed by atoms with Crippen molar-refractivity contribution in [2.45, 2.75) is 31.5 Å². The van der Waals surface area contributed by atoms with E-state index in [9.17, 15) is 19.2 Å². The van der Waals surface area contributed by atoms with Crippen LogP contribution in [0.5, 0.6) is 0 Å². The van der Waals surface area contributed by atoms with E-state index in [-0.39, 0.29) is 49.1 Å². The van der Waals surface area contributed by atoms with Crippen molar-refractivity contribution in [3.63, 3.8) is 0 Å². The zero-order chi connectivity index (χ0) is 18.3. The summed E-state index contributed by atoms with van der Waals surface area (Å²) in [5, 5.41) is 8.02. The number of likely N-dealkylation sites (tertiary alicyclic amines) is 1. The molecule has 3 N–H and O–H groups in total. The zero-order valence-electron chi connectivity index (χ0n) is 14.4. The number of urea groups is 2. The van der Waals surface area contributed by atoms with Gasteiger partial charge < -0.3 is 25.2 Å². The number of hydrogen-bond donors (Lipinski definition) is 3. The van der Waals surface area contributed by atoms with Crippen LogP contribution >= 0.6 is 0 Å². The number of carbonyl (C=O) groups excluding carboxylic acids is 4. The summed E-state index contributed by atoms with van der Waals surface area (Å²) >= 11 is 0. The molecule has 0 bridgehead atoms. The minimum Gasteiger partial charge on any atom is -0.358 e. The van der Waals surface area contributed by atoms with Crippen LogP contribution in [0.4, 0.5) is 9.59 Å². The second-order valence-corrected chi connectivity index (χ2v) is 7.32. The number of imide groups is 1. The van der Waals surface area contributed by atoms with Gasteiger partial charge in [0, 0.05) is 31.7 Å². The van der Waals surface area contributed by atoms with E-state index in [1.165, 1.54) is 4.90 Å². The minimum absolute atomic E-state index is 0.0643. The summed E-state index contributed by atoms with van der Waals surface area (Å²) in [4.78, 5) is 50.0. The highest BCUT2D eigenvalue weighted by atomic mass is 16.5. The number of piperidine rings is 1. The molecule has 4 aliphatic heterocycles. The number of amides is 6. The second-order valence-electron chi connectivity index (χ2n) is 7.32. The molecule has 4 aliphatic rings. The van der Waals surface area contributed by atoms with Crippen molar-refractivity contribution in [3.05, 3.63) is 0 Å². The third-order valence-corrected chi connectivity index (χ3v) is 5.76. The molecule has 26 heavy (non-hydrogen) atoms. The average Bonchev–Trinajstić information content (AvgIpc) is 3.20. The number of rotatable bonds is 3. The Bertz CT molecular complexity index is 633. The number of hydrogen-bond acceptors (Lipinski definition) is 5. The fraction of sp³-hybridized carbons (Fsp3) is 0.750. The van der Waals surface area contributed by atoms with E-state index in [0.29, 0.717) is 25.6 Å². The molecule has 4 saturated heterocycles. The van der Waals surface area contributed by atoms with E-state index >= 15 is 0 Å². The normalized spacial score (nSPS) is 32.2. The van der Waals surface area contributed by atoms with E-state index in [0.717, 1.165) is 19.3 Å². The Labute approximate surface area is 150 Å². The highest BCUT2D eigenvalue weighted by Crippen LogP contribution is 2.33. The molecule has 4 fully saturated rings. The maximum atomic E-state index is 12.4. The van der Waals surface area contributed by atoms with E-state index in [4.69, 9.17) is 4.74 Å². The Kier molecular flexibility index (Phi) is 4.43. The van der Waals surface area contributed by atoms with E-state index in [1.54, 1.807) is 4.90 Å². The summed E-state index contributed by atoms with van der Waals surface area (Å²) < 4.78 is 5.59. The molecule has 0 radical (unpaired) electrons. The monoisotopic (exact) mass is 365 g/mol. The first-order chi connectivity index (χ1) is 12.5. The SMILES string of the molecule is O=C1CN(CC(=O)N2CCC([C@@H]3NC(=O)N[C@H]4OCC[C@H]43)CC2)C(=O)N1. The number of fused-ring (bicyclic) bond motifs is 1. The quantitative estimate of drug-likeness (QED) is 0.544. The van der Waals surface area contributed by atoms with Gasteiger partial charge in [0.05, 0.1) is 0 Å². The Morgan fingerprint density at radius 2 is 1.88 bits per heavy atom. The van der Waals surface area contributed by atoms with Gasteiger partial charge in [-0.3, -0.25) is 14.9 Å². The van der Waals surface area contributed by atoms with Crippen LogP contribution in [0, 0.1) is 11.8 Å². The Hall–Kier alpha value is -2.36. The van der Waals surface area contributed by atoms with Gasteiger partial charge in [-0.2, -0.15) is 0 Å². The summed E-state index contributed by atoms with van der Waals surface area (Å²) in [7, 11) is 0. The highest BCUT2D eigenvalue weighted by molar-refractivity contribution is 6.03. The fourth-order valence-electron chi connectivity index (χ4n) is 4.40. The lowest BCUT2D eigenvalue weighted by atomic mass is 9.80. The summed E-state index contributed by atoms with van der Waals surface area (Å²) in [5.74, 6) is 0.0384. The van der Waals surface area contributed by atoms with Gasteiger partial charge in [0.15, 0.2) is 0 Å². The lowest BCUT2D eigenvalue weighted by Crippen LogP contribution is -2.62. The van der Waals surface area contributed by atoms with Crippen LogP contribution in [-0.2, 0) is 14.3 Å². The minimum atomic E-state index is -0.511. The first kappa shape index (κ1) is 17.1. The number of ether oxygens (including phenoxy) is 1. The molecule has 0 aromatic carbocycles. The van der Waals surface area contributed by atoms with Crippen molar-refractivity contribution in [2.24, 2.45) is 11.8 Å². The van der Waals surface area contributed by atoms with Crippen LogP contribution in [-0.4, -0.2) is 78.7 Å². The second kappa shape index (κ2) is 6.75. The first-order valence-electron chi connectivity index (χ1n) is 9.06. The molecule has 0 aliphatic carbocycles. The average molecular weight is 365 g/mol. The first-order valence-corrected chi connectivity index (χ1v) is 9.06. The molecule has 3 atom stereocenters. The molecular weight excluding hydrogens is 342 g/mol. The molecule has 4 heterocycles. The van der Waals surface area contributed by atoms with Crippen molar-refractivity contribution in [2.75, 3.05) is 32.8 Å². The lowest BCUT2D eigenvalue weighted by molar-refractivity contribution is -0.133. The largest absolute Gasteiger partial charge is 0.358 e. The predicted octanol–water partition coefficient (Wildman–Crippen LogP) is -1.18. The third-order valence-electron chi connectivity index (χ3n) is 5.76.